The van der Waals surface area contributed by atoms with Gasteiger partial charge in [0.15, 0.2) is 0 Å². The van der Waals surface area contributed by atoms with Crippen LogP contribution in [0.4, 0.5) is 5.69 Å². The molecule has 0 unspecified atom stereocenters. The van der Waals surface area contributed by atoms with E-state index >= 15 is 0 Å². The van der Waals surface area contributed by atoms with Crippen molar-refractivity contribution in [1.29, 1.82) is 5.26 Å². The fourth-order valence-corrected chi connectivity index (χ4v) is 2.44. The number of carbonyl (C=O) groups is 1. The van der Waals surface area contributed by atoms with E-state index in [4.69, 9.17) is 5.26 Å². The molecule has 0 aromatic heterocycles. The average Bonchev–Trinajstić information content (AvgIpc) is 2.56. The second-order valence-electron chi connectivity index (χ2n) is 5.44. The summed E-state index contributed by atoms with van der Waals surface area (Å²) in [5.41, 5.74) is 2.39. The standard InChI is InChI=1S/C19H21N3O/c1-2-11-22(14-16-7-4-3-5-8-16)15-19(23)21-18-10-6-9-17(12-18)13-20/h3-10,12H,2,11,14-15H2,1H3,(H,21,23). The van der Waals surface area contributed by atoms with E-state index in [1.807, 2.05) is 18.2 Å². The number of hydrogen-bond donors (Lipinski definition) is 1. The van der Waals surface area contributed by atoms with Gasteiger partial charge < -0.3 is 5.32 Å². The van der Waals surface area contributed by atoms with Crippen molar-refractivity contribution in [3.8, 4) is 6.07 Å². The number of carbonyl (C=O) groups excluding carboxylic acids is 1. The van der Waals surface area contributed by atoms with Crippen LogP contribution in [-0.2, 0) is 11.3 Å². The van der Waals surface area contributed by atoms with E-state index in [2.05, 4.69) is 35.3 Å². The summed E-state index contributed by atoms with van der Waals surface area (Å²) in [6.07, 6.45) is 0.990. The highest BCUT2D eigenvalue weighted by Gasteiger charge is 2.11. The van der Waals surface area contributed by atoms with Gasteiger partial charge in [0.05, 0.1) is 18.2 Å². The molecule has 0 saturated carbocycles. The topological polar surface area (TPSA) is 56.1 Å². The Balaban J connectivity index is 1.96. The van der Waals surface area contributed by atoms with E-state index in [-0.39, 0.29) is 5.91 Å². The zero-order chi connectivity index (χ0) is 16.5. The van der Waals surface area contributed by atoms with Crippen LogP contribution in [0, 0.1) is 11.3 Å². The van der Waals surface area contributed by atoms with Crippen LogP contribution in [0.1, 0.15) is 24.5 Å². The zero-order valence-electron chi connectivity index (χ0n) is 13.3. The van der Waals surface area contributed by atoms with Crippen LogP contribution in [0.3, 0.4) is 0 Å². The third-order valence-electron chi connectivity index (χ3n) is 3.43. The van der Waals surface area contributed by atoms with Crippen LogP contribution >= 0.6 is 0 Å². The molecule has 2 rings (SSSR count). The maximum absolute atomic E-state index is 12.3. The van der Waals surface area contributed by atoms with Crippen LogP contribution in [-0.4, -0.2) is 23.9 Å². The first-order chi connectivity index (χ1) is 11.2. The first-order valence-corrected chi connectivity index (χ1v) is 7.77. The third kappa shape index (κ3) is 5.57. The number of nitrogens with zero attached hydrogens (tertiary/aromatic N) is 2. The number of nitriles is 1. The monoisotopic (exact) mass is 307 g/mol. The highest BCUT2D eigenvalue weighted by atomic mass is 16.2. The molecule has 0 saturated heterocycles. The molecule has 1 amide bonds. The lowest BCUT2D eigenvalue weighted by Gasteiger charge is -2.21. The predicted octanol–water partition coefficient (Wildman–Crippen LogP) is 3.41. The second kappa shape index (κ2) is 8.72. The molecule has 0 bridgehead atoms. The minimum absolute atomic E-state index is 0.0653. The summed E-state index contributed by atoms with van der Waals surface area (Å²) in [5.74, 6) is -0.0653. The van der Waals surface area contributed by atoms with Crippen molar-refractivity contribution in [2.75, 3.05) is 18.4 Å². The van der Waals surface area contributed by atoms with Crippen molar-refractivity contribution >= 4 is 11.6 Å². The number of anilines is 1. The summed E-state index contributed by atoms with van der Waals surface area (Å²) in [7, 11) is 0. The Labute approximate surface area is 137 Å². The van der Waals surface area contributed by atoms with E-state index in [0.717, 1.165) is 19.5 Å². The lowest BCUT2D eigenvalue weighted by Crippen LogP contribution is -2.33. The van der Waals surface area contributed by atoms with Crippen molar-refractivity contribution in [2.45, 2.75) is 19.9 Å². The van der Waals surface area contributed by atoms with Gasteiger partial charge in [0.2, 0.25) is 5.91 Å². The first kappa shape index (κ1) is 16.7. The predicted molar refractivity (Wildman–Crippen MR) is 91.8 cm³/mol. The molecule has 0 spiro atoms. The summed E-state index contributed by atoms with van der Waals surface area (Å²) in [6.45, 7) is 4.05. The second-order valence-corrected chi connectivity index (χ2v) is 5.44. The summed E-state index contributed by atoms with van der Waals surface area (Å²) >= 11 is 0. The van der Waals surface area contributed by atoms with E-state index < -0.39 is 0 Å². The first-order valence-electron chi connectivity index (χ1n) is 7.77. The SMILES string of the molecule is CCCN(CC(=O)Nc1cccc(C#N)c1)Cc1ccccc1. The number of nitrogens with one attached hydrogen (secondary N) is 1. The van der Waals surface area contributed by atoms with Gasteiger partial charge >= 0.3 is 0 Å². The third-order valence-corrected chi connectivity index (χ3v) is 3.43. The summed E-state index contributed by atoms with van der Waals surface area (Å²) in [6, 6.07) is 19.2. The Morgan fingerprint density at radius 1 is 1.17 bits per heavy atom. The van der Waals surface area contributed by atoms with Crippen molar-refractivity contribution in [3.05, 3.63) is 65.7 Å². The van der Waals surface area contributed by atoms with Gasteiger partial charge in [0.1, 0.15) is 0 Å². The number of benzene rings is 2. The smallest absolute Gasteiger partial charge is 0.238 e. The molecule has 4 heteroatoms. The van der Waals surface area contributed by atoms with Crippen molar-refractivity contribution < 1.29 is 4.79 Å². The molecule has 0 aliphatic carbocycles. The normalized spacial score (nSPS) is 10.3. The molecule has 4 nitrogen and oxygen atoms in total. The van der Waals surface area contributed by atoms with Gasteiger partial charge in [0, 0.05) is 12.2 Å². The van der Waals surface area contributed by atoms with Gasteiger partial charge in [-0.15, -0.1) is 0 Å². The molecule has 0 aliphatic heterocycles. The van der Waals surface area contributed by atoms with Crippen molar-refractivity contribution in [3.63, 3.8) is 0 Å². The minimum Gasteiger partial charge on any atom is -0.325 e. The molecule has 1 N–H and O–H groups in total. The molecule has 2 aromatic rings. The quantitative estimate of drug-likeness (QED) is 0.853. The fraction of sp³-hybridized carbons (Fsp3) is 0.263. The van der Waals surface area contributed by atoms with Crippen LogP contribution in [0.5, 0.6) is 0 Å². The van der Waals surface area contributed by atoms with Crippen LogP contribution in [0.25, 0.3) is 0 Å². The lowest BCUT2D eigenvalue weighted by atomic mass is 10.2. The Morgan fingerprint density at radius 2 is 1.96 bits per heavy atom. The molecular formula is C19H21N3O. The average molecular weight is 307 g/mol. The van der Waals surface area contributed by atoms with Gasteiger partial charge in [-0.3, -0.25) is 9.69 Å². The van der Waals surface area contributed by atoms with Gasteiger partial charge in [0.25, 0.3) is 0 Å². The molecule has 23 heavy (non-hydrogen) atoms. The summed E-state index contributed by atoms with van der Waals surface area (Å²) < 4.78 is 0. The molecule has 118 valence electrons. The van der Waals surface area contributed by atoms with Gasteiger partial charge in [-0.25, -0.2) is 0 Å². The zero-order valence-corrected chi connectivity index (χ0v) is 13.3. The largest absolute Gasteiger partial charge is 0.325 e. The van der Waals surface area contributed by atoms with Gasteiger partial charge in [-0.1, -0.05) is 43.3 Å². The van der Waals surface area contributed by atoms with Gasteiger partial charge in [-0.2, -0.15) is 5.26 Å². The Kier molecular flexibility index (Phi) is 6.34. The molecule has 0 heterocycles. The number of hydrogen-bond acceptors (Lipinski definition) is 3. The minimum atomic E-state index is -0.0653. The number of rotatable bonds is 7. The molecule has 0 atom stereocenters. The molecule has 0 aliphatic rings. The maximum atomic E-state index is 12.3. The Morgan fingerprint density at radius 3 is 2.65 bits per heavy atom. The summed E-state index contributed by atoms with van der Waals surface area (Å²) in [5, 5.41) is 11.8. The Bertz CT molecular complexity index is 677. The summed E-state index contributed by atoms with van der Waals surface area (Å²) in [4.78, 5) is 14.4. The number of amides is 1. The molecule has 0 radical (unpaired) electrons. The maximum Gasteiger partial charge on any atom is 0.238 e. The van der Waals surface area contributed by atoms with Gasteiger partial charge in [-0.05, 0) is 36.7 Å². The fourth-order valence-electron chi connectivity index (χ4n) is 2.44. The van der Waals surface area contributed by atoms with Crippen molar-refractivity contribution in [2.24, 2.45) is 0 Å². The van der Waals surface area contributed by atoms with E-state index in [1.165, 1.54) is 5.56 Å². The Hall–Kier alpha value is -2.64. The van der Waals surface area contributed by atoms with E-state index in [1.54, 1.807) is 24.3 Å². The van der Waals surface area contributed by atoms with Crippen LogP contribution in [0.15, 0.2) is 54.6 Å². The highest BCUT2D eigenvalue weighted by Crippen LogP contribution is 2.10. The molecule has 2 aromatic carbocycles. The highest BCUT2D eigenvalue weighted by molar-refractivity contribution is 5.92. The lowest BCUT2D eigenvalue weighted by molar-refractivity contribution is -0.117. The van der Waals surface area contributed by atoms with Crippen molar-refractivity contribution in [1.82, 2.24) is 4.90 Å². The van der Waals surface area contributed by atoms with Crippen LogP contribution < -0.4 is 5.32 Å². The molecule has 0 fully saturated rings. The van der Waals surface area contributed by atoms with Crippen LogP contribution in [0.2, 0.25) is 0 Å². The molecular weight excluding hydrogens is 286 g/mol. The van der Waals surface area contributed by atoms with E-state index in [0.29, 0.717) is 17.8 Å². The van der Waals surface area contributed by atoms with E-state index in [9.17, 15) is 4.79 Å².